The molecule has 2 heteroatoms. The van der Waals surface area contributed by atoms with Crippen molar-refractivity contribution in [3.05, 3.63) is 29.3 Å². The first-order valence-electron chi connectivity index (χ1n) is 2.78. The Balaban J connectivity index is 3.25. The predicted molar refractivity (Wildman–Crippen MR) is 33.7 cm³/mol. The minimum Gasteiger partial charge on any atom is -0.261 e. The molecule has 1 rings (SSSR count). The van der Waals surface area contributed by atoms with Gasteiger partial charge in [0, 0.05) is 6.20 Å². The van der Waals surface area contributed by atoms with E-state index in [1.165, 1.54) is 6.20 Å². The van der Waals surface area contributed by atoms with Crippen molar-refractivity contribution in [1.82, 2.24) is 4.98 Å². The Hall–Kier alpha value is -0.920. The minimum atomic E-state index is -0.227. The first-order valence-corrected chi connectivity index (χ1v) is 2.78. The molecule has 0 spiro atoms. The van der Waals surface area contributed by atoms with Crippen molar-refractivity contribution in [3.8, 4) is 0 Å². The Kier molecular flexibility index (Phi) is 1.47. The fraction of sp³-hybridized carbons (Fsp3) is 0.286. The summed E-state index contributed by atoms with van der Waals surface area (Å²) in [4.78, 5) is 3.67. The Morgan fingerprint density at radius 1 is 1.33 bits per heavy atom. The first-order chi connectivity index (χ1) is 4.22. The molecule has 9 heavy (non-hydrogen) atoms. The van der Waals surface area contributed by atoms with Crippen molar-refractivity contribution in [2.75, 3.05) is 0 Å². The summed E-state index contributed by atoms with van der Waals surface area (Å²) in [6, 6.07) is 0. The van der Waals surface area contributed by atoms with E-state index in [0.29, 0.717) is 5.56 Å². The molecule has 0 aliphatic rings. The highest BCUT2D eigenvalue weighted by Gasteiger charge is 1.96. The second-order valence-corrected chi connectivity index (χ2v) is 2.06. The SMILES string of the molecule is Cc1cncc(F)c1C. The van der Waals surface area contributed by atoms with E-state index in [1.54, 1.807) is 13.1 Å². The van der Waals surface area contributed by atoms with Crippen molar-refractivity contribution in [1.29, 1.82) is 0 Å². The summed E-state index contributed by atoms with van der Waals surface area (Å²) in [5.74, 6) is -0.227. The molecule has 0 atom stereocenters. The van der Waals surface area contributed by atoms with E-state index in [4.69, 9.17) is 0 Å². The van der Waals surface area contributed by atoms with Gasteiger partial charge in [0.25, 0.3) is 0 Å². The van der Waals surface area contributed by atoms with E-state index in [9.17, 15) is 4.39 Å². The van der Waals surface area contributed by atoms with Crippen LogP contribution in [0.15, 0.2) is 12.4 Å². The van der Waals surface area contributed by atoms with Crippen LogP contribution in [0.2, 0.25) is 0 Å². The average Bonchev–Trinajstić information content (AvgIpc) is 1.83. The van der Waals surface area contributed by atoms with Gasteiger partial charge in [-0.05, 0) is 25.0 Å². The van der Waals surface area contributed by atoms with Crippen LogP contribution in [0, 0.1) is 19.7 Å². The lowest BCUT2D eigenvalue weighted by atomic mass is 10.2. The van der Waals surface area contributed by atoms with Crippen LogP contribution in [0.25, 0.3) is 0 Å². The highest BCUT2D eigenvalue weighted by Crippen LogP contribution is 2.07. The van der Waals surface area contributed by atoms with E-state index in [0.717, 1.165) is 5.56 Å². The van der Waals surface area contributed by atoms with Gasteiger partial charge in [0.1, 0.15) is 5.82 Å². The van der Waals surface area contributed by atoms with Gasteiger partial charge in [-0.15, -0.1) is 0 Å². The summed E-state index contributed by atoms with van der Waals surface area (Å²) < 4.78 is 12.5. The fourth-order valence-corrected chi connectivity index (χ4v) is 0.597. The third-order valence-corrected chi connectivity index (χ3v) is 1.41. The molecule has 0 unspecified atom stereocenters. The van der Waals surface area contributed by atoms with E-state index in [2.05, 4.69) is 4.98 Å². The summed E-state index contributed by atoms with van der Waals surface area (Å²) in [7, 11) is 0. The van der Waals surface area contributed by atoms with Crippen molar-refractivity contribution >= 4 is 0 Å². The van der Waals surface area contributed by atoms with Gasteiger partial charge >= 0.3 is 0 Å². The van der Waals surface area contributed by atoms with Crippen LogP contribution >= 0.6 is 0 Å². The molecule has 0 aromatic carbocycles. The number of nitrogens with zero attached hydrogens (tertiary/aromatic N) is 1. The lowest BCUT2D eigenvalue weighted by Gasteiger charge is -1.96. The smallest absolute Gasteiger partial charge is 0.144 e. The minimum absolute atomic E-state index is 0.227. The van der Waals surface area contributed by atoms with Gasteiger partial charge in [-0.1, -0.05) is 0 Å². The monoisotopic (exact) mass is 125 g/mol. The molecular weight excluding hydrogens is 117 g/mol. The second kappa shape index (κ2) is 2.13. The Labute approximate surface area is 53.5 Å². The molecule has 1 heterocycles. The quantitative estimate of drug-likeness (QED) is 0.515. The van der Waals surface area contributed by atoms with Crippen molar-refractivity contribution in [2.24, 2.45) is 0 Å². The molecule has 1 aromatic rings. The lowest BCUT2D eigenvalue weighted by Crippen LogP contribution is -1.87. The fourth-order valence-electron chi connectivity index (χ4n) is 0.597. The van der Waals surface area contributed by atoms with Crippen LogP contribution in [0.4, 0.5) is 4.39 Å². The molecule has 0 saturated carbocycles. The third-order valence-electron chi connectivity index (χ3n) is 1.41. The van der Waals surface area contributed by atoms with Crippen LogP contribution in [0.5, 0.6) is 0 Å². The van der Waals surface area contributed by atoms with Crippen LogP contribution < -0.4 is 0 Å². The average molecular weight is 125 g/mol. The van der Waals surface area contributed by atoms with Gasteiger partial charge in [-0.2, -0.15) is 0 Å². The highest BCUT2D eigenvalue weighted by molar-refractivity contribution is 5.20. The van der Waals surface area contributed by atoms with Crippen LogP contribution in [0.3, 0.4) is 0 Å². The van der Waals surface area contributed by atoms with Crippen LogP contribution in [-0.2, 0) is 0 Å². The molecule has 0 bridgehead atoms. The molecule has 48 valence electrons. The van der Waals surface area contributed by atoms with Crippen molar-refractivity contribution < 1.29 is 4.39 Å². The second-order valence-electron chi connectivity index (χ2n) is 2.06. The van der Waals surface area contributed by atoms with Gasteiger partial charge in [-0.25, -0.2) is 4.39 Å². The zero-order valence-corrected chi connectivity index (χ0v) is 5.48. The zero-order chi connectivity index (χ0) is 6.85. The maximum absolute atomic E-state index is 12.5. The normalized spacial score (nSPS) is 9.67. The summed E-state index contributed by atoms with van der Waals surface area (Å²) in [6.07, 6.45) is 2.88. The molecule has 1 aromatic heterocycles. The number of halogens is 1. The van der Waals surface area contributed by atoms with E-state index < -0.39 is 0 Å². The Morgan fingerprint density at radius 2 is 2.00 bits per heavy atom. The van der Waals surface area contributed by atoms with Crippen LogP contribution in [-0.4, -0.2) is 4.98 Å². The third kappa shape index (κ3) is 1.07. The maximum Gasteiger partial charge on any atom is 0.144 e. The van der Waals surface area contributed by atoms with E-state index in [1.807, 2.05) is 6.92 Å². The van der Waals surface area contributed by atoms with Crippen molar-refractivity contribution in [3.63, 3.8) is 0 Å². The number of pyridine rings is 1. The van der Waals surface area contributed by atoms with Crippen LogP contribution in [0.1, 0.15) is 11.1 Å². The van der Waals surface area contributed by atoms with Crippen molar-refractivity contribution in [2.45, 2.75) is 13.8 Å². The number of hydrogen-bond donors (Lipinski definition) is 0. The van der Waals surface area contributed by atoms with Gasteiger partial charge in [-0.3, -0.25) is 4.98 Å². The Bertz CT molecular complexity index is 200. The number of aromatic nitrogens is 1. The highest BCUT2D eigenvalue weighted by atomic mass is 19.1. The number of hydrogen-bond acceptors (Lipinski definition) is 1. The summed E-state index contributed by atoms with van der Waals surface area (Å²) >= 11 is 0. The summed E-state index contributed by atoms with van der Waals surface area (Å²) in [5, 5.41) is 0. The topological polar surface area (TPSA) is 12.9 Å². The zero-order valence-electron chi connectivity index (χ0n) is 5.48. The molecule has 0 N–H and O–H groups in total. The lowest BCUT2D eigenvalue weighted by molar-refractivity contribution is 0.610. The molecule has 0 radical (unpaired) electrons. The Morgan fingerprint density at radius 3 is 2.44 bits per heavy atom. The summed E-state index contributed by atoms with van der Waals surface area (Å²) in [5.41, 5.74) is 1.58. The standard InChI is InChI=1S/C7H8FN/c1-5-3-9-4-7(8)6(5)2/h3-4H,1-2H3. The molecule has 0 fully saturated rings. The van der Waals surface area contributed by atoms with Gasteiger partial charge in [0.2, 0.25) is 0 Å². The van der Waals surface area contributed by atoms with Gasteiger partial charge < -0.3 is 0 Å². The molecule has 0 aliphatic heterocycles. The largest absolute Gasteiger partial charge is 0.261 e. The van der Waals surface area contributed by atoms with Gasteiger partial charge in [0.15, 0.2) is 0 Å². The number of aryl methyl sites for hydroxylation is 1. The molecule has 0 amide bonds. The maximum atomic E-state index is 12.5. The molecule has 0 aliphatic carbocycles. The van der Waals surface area contributed by atoms with E-state index in [-0.39, 0.29) is 5.82 Å². The van der Waals surface area contributed by atoms with Gasteiger partial charge in [0.05, 0.1) is 6.20 Å². The molecular formula is C7H8FN. The molecule has 1 nitrogen and oxygen atoms in total. The number of rotatable bonds is 0. The predicted octanol–water partition coefficient (Wildman–Crippen LogP) is 1.84. The van der Waals surface area contributed by atoms with E-state index >= 15 is 0 Å². The summed E-state index contributed by atoms with van der Waals surface area (Å²) in [6.45, 7) is 3.58. The molecule has 0 saturated heterocycles. The first kappa shape index (κ1) is 6.20.